The molecule has 2 rings (SSSR count). The minimum atomic E-state index is 0.205. The predicted octanol–water partition coefficient (Wildman–Crippen LogP) is 2.45. The second kappa shape index (κ2) is 9.42. The van der Waals surface area contributed by atoms with Crippen LogP contribution in [0.15, 0.2) is 0 Å². The van der Waals surface area contributed by atoms with Crippen LogP contribution in [0.5, 0.6) is 0 Å². The molecule has 1 unspecified atom stereocenters. The highest BCUT2D eigenvalue weighted by atomic mass is 16.3. The molecule has 0 aromatic carbocycles. The molecule has 122 valence electrons. The quantitative estimate of drug-likeness (QED) is 0.791. The number of hydrogen-bond acceptors (Lipinski definition) is 3. The number of carbonyl (C=O) groups is 1. The van der Waals surface area contributed by atoms with Gasteiger partial charge in [-0.1, -0.05) is 32.1 Å². The number of likely N-dealkylation sites (tertiary alicyclic amines) is 1. The van der Waals surface area contributed by atoms with Gasteiger partial charge in [0.25, 0.3) is 0 Å². The van der Waals surface area contributed by atoms with Gasteiger partial charge in [0.15, 0.2) is 0 Å². The smallest absolute Gasteiger partial charge is 0.234 e. The number of carbonyl (C=O) groups excluding carboxylic acids is 1. The van der Waals surface area contributed by atoms with Crippen LogP contribution in [0.4, 0.5) is 0 Å². The lowest BCUT2D eigenvalue weighted by Gasteiger charge is -2.26. The molecule has 2 fully saturated rings. The summed E-state index contributed by atoms with van der Waals surface area (Å²) < 4.78 is 0. The van der Waals surface area contributed by atoms with Crippen LogP contribution in [0.2, 0.25) is 0 Å². The first-order chi connectivity index (χ1) is 10.3. The molecule has 4 heteroatoms. The van der Waals surface area contributed by atoms with Crippen molar-refractivity contribution in [1.29, 1.82) is 0 Å². The van der Waals surface area contributed by atoms with E-state index in [1.54, 1.807) is 0 Å². The molecular formula is C17H32N2O2. The van der Waals surface area contributed by atoms with E-state index < -0.39 is 0 Å². The van der Waals surface area contributed by atoms with Crippen molar-refractivity contribution in [1.82, 2.24) is 10.2 Å². The minimum Gasteiger partial charge on any atom is -0.396 e. The molecule has 1 saturated carbocycles. The average Bonchev–Trinajstić information content (AvgIpc) is 2.86. The van der Waals surface area contributed by atoms with Gasteiger partial charge in [-0.05, 0) is 45.1 Å². The van der Waals surface area contributed by atoms with Gasteiger partial charge in [0.2, 0.25) is 5.91 Å². The van der Waals surface area contributed by atoms with Gasteiger partial charge in [0, 0.05) is 18.7 Å². The highest BCUT2D eigenvalue weighted by molar-refractivity contribution is 5.78. The Morgan fingerprint density at radius 1 is 1.05 bits per heavy atom. The Morgan fingerprint density at radius 2 is 1.76 bits per heavy atom. The maximum absolute atomic E-state index is 12.3. The van der Waals surface area contributed by atoms with Gasteiger partial charge < -0.3 is 10.4 Å². The molecule has 2 N–H and O–H groups in total. The standard InChI is InChI=1S/C17H32N2O2/c20-13-7-11-16-10-6-12-19(16)14-17(21)18-15-8-4-2-1-3-5-9-15/h15-16,20H,1-14H2,(H,18,21). The fourth-order valence-corrected chi connectivity index (χ4v) is 3.82. The summed E-state index contributed by atoms with van der Waals surface area (Å²) in [5.41, 5.74) is 0. The summed E-state index contributed by atoms with van der Waals surface area (Å²) in [5, 5.41) is 12.2. The van der Waals surface area contributed by atoms with Crippen LogP contribution in [-0.2, 0) is 4.79 Å². The van der Waals surface area contributed by atoms with E-state index in [-0.39, 0.29) is 12.5 Å². The van der Waals surface area contributed by atoms with Crippen molar-refractivity contribution in [3.8, 4) is 0 Å². The molecule has 0 aromatic heterocycles. The zero-order chi connectivity index (χ0) is 14.9. The highest BCUT2D eigenvalue weighted by Crippen LogP contribution is 2.21. The Morgan fingerprint density at radius 3 is 2.48 bits per heavy atom. The summed E-state index contributed by atoms with van der Waals surface area (Å²) in [6.45, 7) is 1.85. The third-order valence-electron chi connectivity index (χ3n) is 5.01. The number of rotatable bonds is 6. The summed E-state index contributed by atoms with van der Waals surface area (Å²) in [7, 11) is 0. The van der Waals surface area contributed by atoms with Crippen LogP contribution in [0, 0.1) is 0 Å². The van der Waals surface area contributed by atoms with Crippen LogP contribution in [-0.4, -0.2) is 47.7 Å². The molecule has 1 amide bonds. The third-order valence-corrected chi connectivity index (χ3v) is 5.01. The van der Waals surface area contributed by atoms with E-state index in [4.69, 9.17) is 5.11 Å². The summed E-state index contributed by atoms with van der Waals surface area (Å²) in [6.07, 6.45) is 13.1. The van der Waals surface area contributed by atoms with Crippen LogP contribution in [0.3, 0.4) is 0 Å². The Kier molecular flexibility index (Phi) is 7.51. The summed E-state index contributed by atoms with van der Waals surface area (Å²) in [5.74, 6) is 0.205. The molecule has 0 bridgehead atoms. The normalized spacial score (nSPS) is 25.5. The van der Waals surface area contributed by atoms with Gasteiger partial charge in [0.1, 0.15) is 0 Å². The van der Waals surface area contributed by atoms with Gasteiger partial charge in [-0.2, -0.15) is 0 Å². The summed E-state index contributed by atoms with van der Waals surface area (Å²) in [4.78, 5) is 14.6. The molecule has 2 aliphatic rings. The first-order valence-electron chi connectivity index (χ1n) is 8.94. The van der Waals surface area contributed by atoms with Gasteiger partial charge >= 0.3 is 0 Å². The van der Waals surface area contributed by atoms with Crippen LogP contribution in [0.25, 0.3) is 0 Å². The summed E-state index contributed by atoms with van der Waals surface area (Å²) in [6, 6.07) is 0.900. The molecular weight excluding hydrogens is 264 g/mol. The van der Waals surface area contributed by atoms with Crippen molar-refractivity contribution in [2.75, 3.05) is 19.7 Å². The summed E-state index contributed by atoms with van der Waals surface area (Å²) >= 11 is 0. The Balaban J connectivity index is 1.72. The number of nitrogens with zero attached hydrogens (tertiary/aromatic N) is 1. The van der Waals surface area contributed by atoms with Crippen molar-refractivity contribution in [3.05, 3.63) is 0 Å². The molecule has 4 nitrogen and oxygen atoms in total. The van der Waals surface area contributed by atoms with Crippen molar-refractivity contribution in [3.63, 3.8) is 0 Å². The van der Waals surface area contributed by atoms with E-state index >= 15 is 0 Å². The van der Waals surface area contributed by atoms with Crippen molar-refractivity contribution < 1.29 is 9.90 Å². The SMILES string of the molecule is O=C(CN1CCCC1CCCO)NC1CCCCCCC1. The number of aliphatic hydroxyl groups is 1. The van der Waals surface area contributed by atoms with E-state index in [0.29, 0.717) is 18.6 Å². The van der Waals surface area contributed by atoms with Crippen LogP contribution < -0.4 is 5.32 Å². The third kappa shape index (κ3) is 5.95. The second-order valence-corrected chi connectivity index (χ2v) is 6.74. The zero-order valence-corrected chi connectivity index (χ0v) is 13.4. The predicted molar refractivity (Wildman–Crippen MR) is 85.2 cm³/mol. The average molecular weight is 296 g/mol. The number of hydrogen-bond donors (Lipinski definition) is 2. The first kappa shape index (κ1) is 16.8. The van der Waals surface area contributed by atoms with E-state index in [0.717, 1.165) is 32.2 Å². The lowest BCUT2D eigenvalue weighted by molar-refractivity contribution is -0.123. The van der Waals surface area contributed by atoms with Crippen LogP contribution in [0.1, 0.15) is 70.6 Å². The Hall–Kier alpha value is -0.610. The second-order valence-electron chi connectivity index (χ2n) is 6.74. The van der Waals surface area contributed by atoms with Gasteiger partial charge in [-0.3, -0.25) is 9.69 Å². The van der Waals surface area contributed by atoms with Crippen LogP contribution >= 0.6 is 0 Å². The largest absolute Gasteiger partial charge is 0.396 e. The number of aliphatic hydroxyl groups excluding tert-OH is 1. The van der Waals surface area contributed by atoms with E-state index in [9.17, 15) is 4.79 Å². The molecule has 1 aliphatic carbocycles. The fourth-order valence-electron chi connectivity index (χ4n) is 3.82. The molecule has 1 atom stereocenters. The lowest BCUT2D eigenvalue weighted by Crippen LogP contribution is -2.43. The first-order valence-corrected chi connectivity index (χ1v) is 8.94. The van der Waals surface area contributed by atoms with Crippen molar-refractivity contribution >= 4 is 5.91 Å². The maximum atomic E-state index is 12.3. The van der Waals surface area contributed by atoms with Crippen molar-refractivity contribution in [2.45, 2.75) is 82.7 Å². The van der Waals surface area contributed by atoms with E-state index in [1.165, 1.54) is 44.9 Å². The van der Waals surface area contributed by atoms with E-state index in [1.807, 2.05) is 0 Å². The zero-order valence-electron chi connectivity index (χ0n) is 13.4. The minimum absolute atomic E-state index is 0.205. The number of nitrogens with one attached hydrogen (secondary N) is 1. The maximum Gasteiger partial charge on any atom is 0.234 e. The molecule has 0 radical (unpaired) electrons. The molecule has 1 saturated heterocycles. The molecule has 21 heavy (non-hydrogen) atoms. The fraction of sp³-hybridized carbons (Fsp3) is 0.941. The van der Waals surface area contributed by atoms with Gasteiger partial charge in [-0.25, -0.2) is 0 Å². The lowest BCUT2D eigenvalue weighted by atomic mass is 9.97. The molecule has 0 aromatic rings. The Bertz CT molecular complexity index is 301. The molecule has 1 heterocycles. The van der Waals surface area contributed by atoms with Crippen molar-refractivity contribution in [2.24, 2.45) is 0 Å². The molecule has 1 aliphatic heterocycles. The van der Waals surface area contributed by atoms with Gasteiger partial charge in [-0.15, -0.1) is 0 Å². The van der Waals surface area contributed by atoms with E-state index in [2.05, 4.69) is 10.2 Å². The highest BCUT2D eigenvalue weighted by Gasteiger charge is 2.26. The molecule has 0 spiro atoms. The van der Waals surface area contributed by atoms with Gasteiger partial charge in [0.05, 0.1) is 6.54 Å². The number of amides is 1. The topological polar surface area (TPSA) is 52.6 Å². The Labute approximate surface area is 129 Å². The monoisotopic (exact) mass is 296 g/mol.